The average molecular weight is 234 g/mol. The summed E-state index contributed by atoms with van der Waals surface area (Å²) in [5, 5.41) is 3.57. The smallest absolute Gasteiger partial charge is 0.0514 e. The highest BCUT2D eigenvalue weighted by Crippen LogP contribution is 2.22. The maximum atomic E-state index is 5.43. The summed E-state index contributed by atoms with van der Waals surface area (Å²) in [6.45, 7) is 4.04. The van der Waals surface area contributed by atoms with E-state index in [2.05, 4.69) is 55.5 Å². The molecule has 1 heterocycles. The fourth-order valence-corrected chi connectivity index (χ4v) is 2.20. The first-order valence-corrected chi connectivity index (χ1v) is 6.28. The van der Waals surface area contributed by atoms with Gasteiger partial charge in [-0.1, -0.05) is 6.07 Å². The maximum absolute atomic E-state index is 5.43. The van der Waals surface area contributed by atoms with Gasteiger partial charge in [-0.25, -0.2) is 0 Å². The minimum absolute atomic E-state index is 0.468. The van der Waals surface area contributed by atoms with Gasteiger partial charge in [0.05, 0.1) is 6.61 Å². The van der Waals surface area contributed by atoms with Crippen LogP contribution in [-0.2, 0) is 4.74 Å². The Morgan fingerprint density at radius 3 is 2.88 bits per heavy atom. The van der Waals surface area contributed by atoms with Crippen LogP contribution in [-0.4, -0.2) is 33.4 Å². The summed E-state index contributed by atoms with van der Waals surface area (Å²) in [4.78, 5) is 2.12. The highest BCUT2D eigenvalue weighted by Gasteiger charge is 2.21. The van der Waals surface area contributed by atoms with Crippen LogP contribution < -0.4 is 10.2 Å². The first kappa shape index (κ1) is 12.2. The molecule has 1 fully saturated rings. The van der Waals surface area contributed by atoms with Crippen molar-refractivity contribution < 1.29 is 4.74 Å². The monoisotopic (exact) mass is 234 g/mol. The van der Waals surface area contributed by atoms with Crippen LogP contribution in [0, 0.1) is 5.92 Å². The van der Waals surface area contributed by atoms with E-state index in [0.717, 1.165) is 13.2 Å². The lowest BCUT2D eigenvalue weighted by Crippen LogP contribution is -2.26. The predicted octanol–water partition coefficient (Wildman–Crippen LogP) is 2.59. The molecule has 0 aliphatic carbocycles. The molecular weight excluding hydrogens is 212 g/mol. The van der Waals surface area contributed by atoms with Crippen molar-refractivity contribution >= 4 is 11.4 Å². The molecule has 0 radical (unpaired) electrons. The van der Waals surface area contributed by atoms with Gasteiger partial charge in [0.1, 0.15) is 0 Å². The van der Waals surface area contributed by atoms with Gasteiger partial charge in [-0.15, -0.1) is 0 Å². The van der Waals surface area contributed by atoms with E-state index in [1.54, 1.807) is 0 Å². The minimum atomic E-state index is 0.468. The highest BCUT2D eigenvalue weighted by atomic mass is 16.5. The number of hydrogen-bond acceptors (Lipinski definition) is 3. The molecule has 0 bridgehead atoms. The molecule has 0 amide bonds. The molecule has 94 valence electrons. The first-order chi connectivity index (χ1) is 8.16. The Bertz CT molecular complexity index is 359. The fourth-order valence-electron chi connectivity index (χ4n) is 2.20. The van der Waals surface area contributed by atoms with Crippen molar-refractivity contribution in [3.63, 3.8) is 0 Å². The number of ether oxygens (including phenoxy) is 1. The molecule has 17 heavy (non-hydrogen) atoms. The van der Waals surface area contributed by atoms with Gasteiger partial charge in [0.15, 0.2) is 0 Å². The van der Waals surface area contributed by atoms with Crippen LogP contribution in [0.1, 0.15) is 13.3 Å². The molecule has 2 rings (SSSR count). The van der Waals surface area contributed by atoms with Gasteiger partial charge in [0.2, 0.25) is 0 Å². The van der Waals surface area contributed by atoms with Gasteiger partial charge in [-0.05, 0) is 31.5 Å². The van der Waals surface area contributed by atoms with Crippen LogP contribution in [0.15, 0.2) is 24.3 Å². The van der Waals surface area contributed by atoms with Gasteiger partial charge in [0, 0.05) is 44.0 Å². The van der Waals surface area contributed by atoms with Gasteiger partial charge in [-0.2, -0.15) is 0 Å². The molecule has 1 aromatic carbocycles. The number of nitrogens with zero attached hydrogens (tertiary/aromatic N) is 1. The third kappa shape index (κ3) is 3.13. The highest BCUT2D eigenvalue weighted by molar-refractivity contribution is 5.57. The van der Waals surface area contributed by atoms with Crippen molar-refractivity contribution in [2.75, 3.05) is 37.5 Å². The molecule has 1 aliphatic rings. The van der Waals surface area contributed by atoms with E-state index >= 15 is 0 Å². The standard InChI is InChI=1S/C14H22N2O/c1-11(12-7-8-17-10-12)15-13-5-4-6-14(9-13)16(2)3/h4-6,9,11-12,15H,7-8,10H2,1-3H3. The van der Waals surface area contributed by atoms with E-state index in [1.165, 1.54) is 17.8 Å². The molecule has 0 spiro atoms. The van der Waals surface area contributed by atoms with Crippen LogP contribution in [0.3, 0.4) is 0 Å². The van der Waals surface area contributed by atoms with Crippen molar-refractivity contribution in [3.8, 4) is 0 Å². The summed E-state index contributed by atoms with van der Waals surface area (Å²) in [5.74, 6) is 0.637. The second kappa shape index (κ2) is 5.41. The van der Waals surface area contributed by atoms with Gasteiger partial charge >= 0.3 is 0 Å². The lowest BCUT2D eigenvalue weighted by Gasteiger charge is -2.21. The third-order valence-corrected chi connectivity index (χ3v) is 3.43. The van der Waals surface area contributed by atoms with Gasteiger partial charge < -0.3 is 15.0 Å². The molecular formula is C14H22N2O. The van der Waals surface area contributed by atoms with Crippen molar-refractivity contribution in [1.29, 1.82) is 0 Å². The van der Waals surface area contributed by atoms with Crippen LogP contribution in [0.5, 0.6) is 0 Å². The second-order valence-corrected chi connectivity index (χ2v) is 5.00. The SMILES string of the molecule is CC(Nc1cccc(N(C)C)c1)C1CCOC1. The van der Waals surface area contributed by atoms with E-state index in [0.29, 0.717) is 12.0 Å². The number of anilines is 2. The summed E-state index contributed by atoms with van der Waals surface area (Å²) >= 11 is 0. The van der Waals surface area contributed by atoms with Crippen molar-refractivity contribution in [3.05, 3.63) is 24.3 Å². The summed E-state index contributed by atoms with van der Waals surface area (Å²) in [5.41, 5.74) is 2.42. The summed E-state index contributed by atoms with van der Waals surface area (Å²) in [7, 11) is 4.13. The zero-order chi connectivity index (χ0) is 12.3. The average Bonchev–Trinajstić information content (AvgIpc) is 2.82. The van der Waals surface area contributed by atoms with Crippen molar-refractivity contribution in [1.82, 2.24) is 0 Å². The Morgan fingerprint density at radius 2 is 2.24 bits per heavy atom. The lowest BCUT2D eigenvalue weighted by atomic mass is 10.0. The summed E-state index contributed by atoms with van der Waals surface area (Å²) < 4.78 is 5.43. The number of nitrogens with one attached hydrogen (secondary N) is 1. The molecule has 2 atom stereocenters. The predicted molar refractivity (Wildman–Crippen MR) is 72.8 cm³/mol. The zero-order valence-corrected chi connectivity index (χ0v) is 10.9. The van der Waals surface area contributed by atoms with E-state index < -0.39 is 0 Å². The minimum Gasteiger partial charge on any atom is -0.382 e. The van der Waals surface area contributed by atoms with Crippen LogP contribution in [0.2, 0.25) is 0 Å². The normalized spacial score (nSPS) is 21.2. The Morgan fingerprint density at radius 1 is 1.41 bits per heavy atom. The Kier molecular flexibility index (Phi) is 3.89. The summed E-state index contributed by atoms with van der Waals surface area (Å²) in [6.07, 6.45) is 1.17. The Balaban J connectivity index is 1.99. The van der Waals surface area contributed by atoms with Gasteiger partial charge in [0.25, 0.3) is 0 Å². The number of benzene rings is 1. The van der Waals surface area contributed by atoms with E-state index in [9.17, 15) is 0 Å². The van der Waals surface area contributed by atoms with Crippen molar-refractivity contribution in [2.24, 2.45) is 5.92 Å². The zero-order valence-electron chi connectivity index (χ0n) is 10.9. The van der Waals surface area contributed by atoms with E-state index in [4.69, 9.17) is 4.74 Å². The van der Waals surface area contributed by atoms with Crippen LogP contribution in [0.4, 0.5) is 11.4 Å². The molecule has 3 nitrogen and oxygen atoms in total. The van der Waals surface area contributed by atoms with Crippen LogP contribution in [0.25, 0.3) is 0 Å². The quantitative estimate of drug-likeness (QED) is 0.866. The molecule has 0 aromatic heterocycles. The Labute approximate surface area is 104 Å². The third-order valence-electron chi connectivity index (χ3n) is 3.43. The van der Waals surface area contributed by atoms with Crippen molar-refractivity contribution in [2.45, 2.75) is 19.4 Å². The molecule has 1 aromatic rings. The first-order valence-electron chi connectivity index (χ1n) is 6.28. The molecule has 0 saturated carbocycles. The van der Waals surface area contributed by atoms with Crippen LogP contribution >= 0.6 is 0 Å². The molecule has 2 unspecified atom stereocenters. The van der Waals surface area contributed by atoms with E-state index in [-0.39, 0.29) is 0 Å². The number of rotatable bonds is 4. The molecule has 1 aliphatic heterocycles. The summed E-state index contributed by atoms with van der Waals surface area (Å²) in [6, 6.07) is 8.99. The fraction of sp³-hybridized carbons (Fsp3) is 0.571. The Hall–Kier alpha value is -1.22. The van der Waals surface area contributed by atoms with E-state index in [1.807, 2.05) is 0 Å². The largest absolute Gasteiger partial charge is 0.382 e. The molecule has 1 saturated heterocycles. The topological polar surface area (TPSA) is 24.5 Å². The number of hydrogen-bond donors (Lipinski definition) is 1. The lowest BCUT2D eigenvalue weighted by molar-refractivity contribution is 0.183. The van der Waals surface area contributed by atoms with Gasteiger partial charge in [-0.3, -0.25) is 0 Å². The molecule has 3 heteroatoms. The maximum Gasteiger partial charge on any atom is 0.0514 e. The molecule has 1 N–H and O–H groups in total. The second-order valence-electron chi connectivity index (χ2n) is 5.00.